The second-order valence-corrected chi connectivity index (χ2v) is 5.49. The molecule has 1 aliphatic rings. The maximum Gasteiger partial charge on any atom is 0.361 e. The second kappa shape index (κ2) is 8.24. The zero-order valence-corrected chi connectivity index (χ0v) is 13.7. The molecule has 3 rings (SSSR count). The van der Waals surface area contributed by atoms with Gasteiger partial charge in [-0.05, 0) is 24.3 Å². The van der Waals surface area contributed by atoms with Crippen molar-refractivity contribution in [3.05, 3.63) is 60.7 Å². The summed E-state index contributed by atoms with van der Waals surface area (Å²) in [5.41, 5.74) is 6.94. The van der Waals surface area contributed by atoms with Gasteiger partial charge < -0.3 is 14.9 Å². The molecule has 2 aromatic carbocycles. The number of carbonyl (C=O) groups is 1. The van der Waals surface area contributed by atoms with Crippen LogP contribution in [0.3, 0.4) is 0 Å². The van der Waals surface area contributed by atoms with Gasteiger partial charge in [-0.15, -0.1) is 0 Å². The first-order valence-electron chi connectivity index (χ1n) is 7.96. The van der Waals surface area contributed by atoms with E-state index >= 15 is 0 Å². The van der Waals surface area contributed by atoms with Gasteiger partial charge in [-0.25, -0.2) is 4.79 Å². The molecule has 0 radical (unpaired) electrons. The number of rotatable bonds is 6. The minimum absolute atomic E-state index is 0.0743. The molecule has 0 saturated carbocycles. The van der Waals surface area contributed by atoms with E-state index in [2.05, 4.69) is 21.1 Å². The van der Waals surface area contributed by atoms with Crippen LogP contribution in [0.25, 0.3) is 0 Å². The minimum atomic E-state index is -1.31. The Kier molecular flexibility index (Phi) is 5.57. The zero-order valence-electron chi connectivity index (χ0n) is 13.7. The molecule has 0 aromatic heterocycles. The van der Waals surface area contributed by atoms with Gasteiger partial charge in [-0.1, -0.05) is 36.4 Å². The van der Waals surface area contributed by atoms with E-state index in [9.17, 15) is 15.0 Å². The van der Waals surface area contributed by atoms with E-state index in [4.69, 9.17) is 4.74 Å². The number of cyclic esters (lactones) is 1. The summed E-state index contributed by atoms with van der Waals surface area (Å²) in [5.74, 6) is -0.737. The quantitative estimate of drug-likeness (QED) is 0.458. The molecule has 1 aliphatic heterocycles. The van der Waals surface area contributed by atoms with Crippen LogP contribution >= 0.6 is 0 Å². The topological polar surface area (TPSA) is 116 Å². The van der Waals surface area contributed by atoms with Crippen molar-refractivity contribution in [2.75, 3.05) is 17.5 Å². The number of carbonyl (C=O) groups excluding carboxylic acids is 1. The van der Waals surface area contributed by atoms with E-state index < -0.39 is 24.8 Å². The minimum Gasteiger partial charge on any atom is -0.448 e. The van der Waals surface area contributed by atoms with Crippen LogP contribution in [-0.2, 0) is 9.53 Å². The standard InChI is InChI=1S/C18H18N4O4/c23-11-14(24)17-15(21-19-12-7-3-1-4-8-12)16(18(25)26-17)22-20-13-9-5-2-6-10-13/h1-10,14,17,19-20,23-24H,11H2/t14-,17-/m0/s1. The first-order chi connectivity index (χ1) is 12.7. The summed E-state index contributed by atoms with van der Waals surface area (Å²) in [6.07, 6.45) is -2.42. The molecule has 1 fully saturated rings. The lowest BCUT2D eigenvalue weighted by atomic mass is 10.1. The van der Waals surface area contributed by atoms with Crippen LogP contribution < -0.4 is 10.9 Å². The number of aliphatic hydroxyl groups excluding tert-OH is 2. The van der Waals surface area contributed by atoms with E-state index in [0.717, 1.165) is 0 Å². The first kappa shape index (κ1) is 17.6. The van der Waals surface area contributed by atoms with Crippen molar-refractivity contribution in [1.29, 1.82) is 0 Å². The van der Waals surface area contributed by atoms with Crippen molar-refractivity contribution in [1.82, 2.24) is 0 Å². The average molecular weight is 354 g/mol. The third-order valence-corrected chi connectivity index (χ3v) is 3.63. The molecule has 1 heterocycles. The smallest absolute Gasteiger partial charge is 0.361 e. The van der Waals surface area contributed by atoms with Crippen molar-refractivity contribution in [3.8, 4) is 0 Å². The number of hydrogen-bond donors (Lipinski definition) is 4. The number of ether oxygens (including phenoxy) is 1. The Labute approximate surface area is 149 Å². The second-order valence-electron chi connectivity index (χ2n) is 5.49. The average Bonchev–Trinajstić information content (AvgIpc) is 3.01. The van der Waals surface area contributed by atoms with E-state index in [1.165, 1.54) is 0 Å². The molecule has 0 spiro atoms. The third-order valence-electron chi connectivity index (χ3n) is 3.63. The number of esters is 1. The molecular weight excluding hydrogens is 336 g/mol. The lowest BCUT2D eigenvalue weighted by Crippen LogP contribution is -2.36. The highest BCUT2D eigenvalue weighted by Crippen LogP contribution is 2.16. The fourth-order valence-corrected chi connectivity index (χ4v) is 2.31. The van der Waals surface area contributed by atoms with Crippen molar-refractivity contribution >= 4 is 28.8 Å². The summed E-state index contributed by atoms with van der Waals surface area (Å²) < 4.78 is 5.13. The highest BCUT2D eigenvalue weighted by molar-refractivity contribution is 6.69. The molecule has 2 aromatic rings. The van der Waals surface area contributed by atoms with E-state index in [1.54, 1.807) is 24.3 Å². The molecule has 4 N–H and O–H groups in total. The Morgan fingerprint density at radius 3 is 2.04 bits per heavy atom. The Morgan fingerprint density at radius 2 is 1.50 bits per heavy atom. The van der Waals surface area contributed by atoms with Crippen LogP contribution in [-0.4, -0.2) is 46.4 Å². The fourth-order valence-electron chi connectivity index (χ4n) is 2.31. The first-order valence-corrected chi connectivity index (χ1v) is 7.96. The molecule has 134 valence electrons. The van der Waals surface area contributed by atoms with Gasteiger partial charge in [-0.2, -0.15) is 10.2 Å². The number of para-hydroxylation sites is 2. The summed E-state index contributed by atoms with van der Waals surface area (Å²) >= 11 is 0. The highest BCUT2D eigenvalue weighted by Gasteiger charge is 2.42. The summed E-state index contributed by atoms with van der Waals surface area (Å²) in [5, 5.41) is 27.4. The Bertz CT molecular complexity index is 808. The summed E-state index contributed by atoms with van der Waals surface area (Å²) in [4.78, 5) is 12.2. The zero-order chi connectivity index (χ0) is 18.4. The number of nitrogens with one attached hydrogen (secondary N) is 2. The molecule has 0 amide bonds. The fraction of sp³-hybridized carbons (Fsp3) is 0.167. The van der Waals surface area contributed by atoms with Crippen LogP contribution in [0.4, 0.5) is 11.4 Å². The Morgan fingerprint density at radius 1 is 0.962 bits per heavy atom. The molecule has 8 nitrogen and oxygen atoms in total. The van der Waals surface area contributed by atoms with Crippen molar-refractivity contribution in [2.45, 2.75) is 12.2 Å². The molecule has 8 heteroatoms. The normalized spacial score (nSPS) is 20.8. The molecule has 26 heavy (non-hydrogen) atoms. The summed E-state index contributed by atoms with van der Waals surface area (Å²) in [6.45, 7) is -0.582. The van der Waals surface area contributed by atoms with Crippen LogP contribution in [0.1, 0.15) is 0 Å². The van der Waals surface area contributed by atoms with Gasteiger partial charge in [-0.3, -0.25) is 10.9 Å². The van der Waals surface area contributed by atoms with E-state index in [-0.39, 0.29) is 11.4 Å². The molecular formula is C18H18N4O4. The van der Waals surface area contributed by atoms with Crippen molar-refractivity contribution < 1.29 is 19.7 Å². The Hall–Kier alpha value is -3.23. The summed E-state index contributed by atoms with van der Waals surface area (Å²) in [7, 11) is 0. The van der Waals surface area contributed by atoms with Gasteiger partial charge in [0.15, 0.2) is 11.8 Å². The molecule has 1 saturated heterocycles. The largest absolute Gasteiger partial charge is 0.448 e. The van der Waals surface area contributed by atoms with Crippen LogP contribution in [0, 0.1) is 0 Å². The third kappa shape index (κ3) is 4.05. The number of nitrogens with zero attached hydrogens (tertiary/aromatic N) is 2. The lowest BCUT2D eigenvalue weighted by Gasteiger charge is -2.14. The lowest BCUT2D eigenvalue weighted by molar-refractivity contribution is -0.140. The molecule has 0 bridgehead atoms. The van der Waals surface area contributed by atoms with Gasteiger partial charge in [0.05, 0.1) is 18.0 Å². The highest BCUT2D eigenvalue weighted by atomic mass is 16.6. The number of hydrogen-bond acceptors (Lipinski definition) is 8. The van der Waals surface area contributed by atoms with Gasteiger partial charge in [0.2, 0.25) is 0 Å². The number of anilines is 2. The molecule has 0 aliphatic carbocycles. The summed E-state index contributed by atoms with van der Waals surface area (Å²) in [6, 6.07) is 18.1. The molecule has 2 atom stereocenters. The maximum absolute atomic E-state index is 12.2. The van der Waals surface area contributed by atoms with Crippen LogP contribution in [0.2, 0.25) is 0 Å². The Balaban J connectivity index is 1.88. The number of benzene rings is 2. The van der Waals surface area contributed by atoms with Gasteiger partial charge in [0.25, 0.3) is 0 Å². The number of hydrazone groups is 2. The van der Waals surface area contributed by atoms with Gasteiger partial charge in [0, 0.05) is 0 Å². The van der Waals surface area contributed by atoms with Gasteiger partial charge in [0.1, 0.15) is 11.8 Å². The predicted octanol–water partition coefficient (Wildman–Crippen LogP) is 1.20. The molecule has 0 unspecified atom stereocenters. The maximum atomic E-state index is 12.2. The van der Waals surface area contributed by atoms with Crippen molar-refractivity contribution in [2.24, 2.45) is 10.2 Å². The van der Waals surface area contributed by atoms with Crippen LogP contribution in [0.5, 0.6) is 0 Å². The SMILES string of the molecule is O=C1O[C@@H]([C@@H](O)CO)C(=NNc2ccccc2)C1=NNc1ccccc1. The van der Waals surface area contributed by atoms with Crippen molar-refractivity contribution in [3.63, 3.8) is 0 Å². The monoisotopic (exact) mass is 354 g/mol. The number of aliphatic hydroxyl groups is 2. The van der Waals surface area contributed by atoms with Crippen LogP contribution in [0.15, 0.2) is 70.9 Å². The van der Waals surface area contributed by atoms with E-state index in [1.807, 2.05) is 36.4 Å². The van der Waals surface area contributed by atoms with E-state index in [0.29, 0.717) is 11.4 Å². The predicted molar refractivity (Wildman–Crippen MR) is 98.0 cm³/mol. The van der Waals surface area contributed by atoms with Gasteiger partial charge >= 0.3 is 5.97 Å².